The van der Waals surface area contributed by atoms with Crippen molar-refractivity contribution in [2.75, 3.05) is 12.4 Å². The molecular formula is C21H19BrN6O3. The number of imide groups is 1. The Morgan fingerprint density at radius 1 is 1.32 bits per heavy atom. The summed E-state index contributed by atoms with van der Waals surface area (Å²) in [7, 11) is 1.64. The third-order valence-corrected chi connectivity index (χ3v) is 5.75. The maximum absolute atomic E-state index is 11.9. The Bertz CT molecular complexity index is 1250. The van der Waals surface area contributed by atoms with Crippen molar-refractivity contribution in [2.24, 2.45) is 0 Å². The van der Waals surface area contributed by atoms with Gasteiger partial charge in [-0.2, -0.15) is 9.61 Å². The number of rotatable bonds is 6. The van der Waals surface area contributed by atoms with E-state index in [1.165, 1.54) is 0 Å². The average Bonchev–Trinajstić information content (AvgIpc) is 3.37. The molecule has 9 nitrogen and oxygen atoms in total. The van der Waals surface area contributed by atoms with Crippen LogP contribution in [0.2, 0.25) is 0 Å². The van der Waals surface area contributed by atoms with Crippen LogP contribution in [0, 0.1) is 0 Å². The van der Waals surface area contributed by atoms with Gasteiger partial charge < -0.3 is 15.4 Å². The van der Waals surface area contributed by atoms with Gasteiger partial charge in [0, 0.05) is 29.7 Å². The van der Waals surface area contributed by atoms with E-state index in [4.69, 9.17) is 9.72 Å². The zero-order valence-electron chi connectivity index (χ0n) is 16.6. The Kier molecular flexibility index (Phi) is 4.85. The van der Waals surface area contributed by atoms with Crippen LogP contribution in [0.3, 0.4) is 0 Å². The number of hydrogen-bond donors (Lipinski definition) is 3. The molecule has 2 aromatic heterocycles. The SMILES string of the molecule is COc1c(Br)cccc1Cc1cc(NC2CC2)n2ncc(/C=C3\NC(=O)NC3=O)c2n1. The average molecular weight is 483 g/mol. The standard InChI is InChI=1S/C21H19BrN6O3/c1-31-18-11(3-2-4-15(18)22)7-14-9-17(24-13-5-6-13)28-19(25-14)12(10-23-28)8-16-20(29)27-21(30)26-16/h2-4,8-10,13,24H,5-7H2,1H3,(H2,26,27,29,30)/b16-8-. The monoisotopic (exact) mass is 482 g/mol. The third kappa shape index (κ3) is 3.86. The van der Waals surface area contributed by atoms with E-state index in [0.717, 1.165) is 40.1 Å². The van der Waals surface area contributed by atoms with Crippen LogP contribution in [0.1, 0.15) is 29.7 Å². The maximum atomic E-state index is 11.9. The number of ether oxygens (including phenoxy) is 1. The van der Waals surface area contributed by atoms with Gasteiger partial charge in [0.2, 0.25) is 0 Å². The molecule has 31 heavy (non-hydrogen) atoms. The molecule has 1 saturated heterocycles. The molecule has 0 spiro atoms. The molecule has 158 valence electrons. The van der Waals surface area contributed by atoms with E-state index in [2.05, 4.69) is 37.0 Å². The first-order valence-corrected chi connectivity index (χ1v) is 10.6. The van der Waals surface area contributed by atoms with Crippen molar-refractivity contribution in [3.8, 4) is 5.75 Å². The highest BCUT2D eigenvalue weighted by molar-refractivity contribution is 9.10. The number of fused-ring (bicyclic) bond motifs is 1. The molecule has 1 saturated carbocycles. The predicted molar refractivity (Wildman–Crippen MR) is 118 cm³/mol. The van der Waals surface area contributed by atoms with Crippen molar-refractivity contribution in [3.63, 3.8) is 0 Å². The van der Waals surface area contributed by atoms with Crippen LogP contribution in [0.25, 0.3) is 11.7 Å². The highest BCUT2D eigenvalue weighted by Gasteiger charge is 2.25. The lowest BCUT2D eigenvalue weighted by atomic mass is 10.1. The number of para-hydroxylation sites is 1. The predicted octanol–water partition coefficient (Wildman–Crippen LogP) is 2.85. The number of carbonyl (C=O) groups is 2. The quantitative estimate of drug-likeness (QED) is 0.368. The molecule has 0 radical (unpaired) electrons. The van der Waals surface area contributed by atoms with E-state index in [-0.39, 0.29) is 5.70 Å². The fraction of sp³-hybridized carbons (Fsp3) is 0.238. The molecule has 3 amide bonds. The Hall–Kier alpha value is -3.40. The minimum absolute atomic E-state index is 0.164. The minimum atomic E-state index is -0.542. The number of nitrogens with one attached hydrogen (secondary N) is 3. The summed E-state index contributed by atoms with van der Waals surface area (Å²) in [6, 6.07) is 7.76. The molecule has 2 fully saturated rings. The molecule has 3 N–H and O–H groups in total. The number of urea groups is 1. The molecule has 0 bridgehead atoms. The molecule has 1 aromatic carbocycles. The van der Waals surface area contributed by atoms with Crippen molar-refractivity contribution < 1.29 is 14.3 Å². The van der Waals surface area contributed by atoms with Crippen molar-refractivity contribution in [1.82, 2.24) is 25.2 Å². The Balaban J connectivity index is 1.59. The molecule has 0 unspecified atom stereocenters. The first-order chi connectivity index (χ1) is 15.0. The molecular weight excluding hydrogens is 464 g/mol. The van der Waals surface area contributed by atoms with E-state index in [9.17, 15) is 9.59 Å². The topological polar surface area (TPSA) is 110 Å². The normalized spacial score (nSPS) is 17.2. The smallest absolute Gasteiger partial charge is 0.326 e. The number of hydrogen-bond acceptors (Lipinski definition) is 6. The number of carbonyl (C=O) groups excluding carboxylic acids is 2. The zero-order valence-corrected chi connectivity index (χ0v) is 18.2. The van der Waals surface area contributed by atoms with Gasteiger partial charge in [-0.1, -0.05) is 12.1 Å². The van der Waals surface area contributed by atoms with Gasteiger partial charge >= 0.3 is 6.03 Å². The molecule has 1 aliphatic carbocycles. The van der Waals surface area contributed by atoms with Gasteiger partial charge in [-0.15, -0.1) is 0 Å². The number of benzene rings is 1. The zero-order chi connectivity index (χ0) is 21.5. The number of aromatic nitrogens is 3. The molecule has 10 heteroatoms. The van der Waals surface area contributed by atoms with Crippen LogP contribution in [0.4, 0.5) is 10.6 Å². The van der Waals surface area contributed by atoms with Gasteiger partial charge in [0.25, 0.3) is 5.91 Å². The molecule has 0 atom stereocenters. The van der Waals surface area contributed by atoms with Gasteiger partial charge in [0.05, 0.1) is 23.5 Å². The number of halogens is 1. The van der Waals surface area contributed by atoms with Gasteiger partial charge in [0.15, 0.2) is 5.65 Å². The highest BCUT2D eigenvalue weighted by Crippen LogP contribution is 2.31. The largest absolute Gasteiger partial charge is 0.495 e. The summed E-state index contributed by atoms with van der Waals surface area (Å²) >= 11 is 3.53. The molecule has 3 aromatic rings. The number of amides is 3. The van der Waals surface area contributed by atoms with Crippen LogP contribution in [-0.4, -0.2) is 39.7 Å². The first kappa shape index (κ1) is 19.6. The highest BCUT2D eigenvalue weighted by atomic mass is 79.9. The summed E-state index contributed by atoms with van der Waals surface area (Å²) < 4.78 is 8.16. The Labute approximate surface area is 186 Å². The Morgan fingerprint density at radius 3 is 2.87 bits per heavy atom. The van der Waals surface area contributed by atoms with Crippen LogP contribution in [0.15, 0.2) is 40.6 Å². The lowest BCUT2D eigenvalue weighted by molar-refractivity contribution is -0.115. The summed E-state index contributed by atoms with van der Waals surface area (Å²) in [6.07, 6.45) is 6.00. The number of methoxy groups -OCH3 is 1. The first-order valence-electron chi connectivity index (χ1n) is 9.81. The summed E-state index contributed by atoms with van der Waals surface area (Å²) in [4.78, 5) is 28.2. The molecule has 1 aliphatic heterocycles. The lowest BCUT2D eigenvalue weighted by Gasteiger charge is -2.13. The van der Waals surface area contributed by atoms with Crippen LogP contribution >= 0.6 is 15.9 Å². The second-order valence-corrected chi connectivity index (χ2v) is 8.32. The number of nitrogens with zero attached hydrogens (tertiary/aromatic N) is 3. The van der Waals surface area contributed by atoms with Crippen LogP contribution in [-0.2, 0) is 11.2 Å². The third-order valence-electron chi connectivity index (χ3n) is 5.13. The maximum Gasteiger partial charge on any atom is 0.326 e. The molecule has 3 heterocycles. The van der Waals surface area contributed by atoms with E-state index < -0.39 is 11.9 Å². The van der Waals surface area contributed by atoms with Crippen molar-refractivity contribution in [1.29, 1.82) is 0 Å². The summed E-state index contributed by atoms with van der Waals surface area (Å²) in [5.41, 5.74) is 3.21. The van der Waals surface area contributed by atoms with Crippen molar-refractivity contribution >= 4 is 45.4 Å². The van der Waals surface area contributed by atoms with Gasteiger partial charge in [-0.25, -0.2) is 9.78 Å². The van der Waals surface area contributed by atoms with E-state index in [1.54, 1.807) is 23.9 Å². The summed E-state index contributed by atoms with van der Waals surface area (Å²) in [5, 5.41) is 12.6. The minimum Gasteiger partial charge on any atom is -0.495 e. The van der Waals surface area contributed by atoms with Gasteiger partial charge in [0.1, 0.15) is 17.3 Å². The molecule has 5 rings (SSSR count). The van der Waals surface area contributed by atoms with Crippen molar-refractivity contribution in [2.45, 2.75) is 25.3 Å². The lowest BCUT2D eigenvalue weighted by Crippen LogP contribution is -2.22. The van der Waals surface area contributed by atoms with Gasteiger partial charge in [-0.3, -0.25) is 10.1 Å². The number of anilines is 1. The second kappa shape index (κ2) is 7.69. The van der Waals surface area contributed by atoms with Gasteiger partial charge in [-0.05, 0) is 40.9 Å². The van der Waals surface area contributed by atoms with E-state index >= 15 is 0 Å². The van der Waals surface area contributed by atoms with E-state index in [0.29, 0.717) is 23.7 Å². The second-order valence-electron chi connectivity index (χ2n) is 7.46. The molecule has 2 aliphatic rings. The summed E-state index contributed by atoms with van der Waals surface area (Å²) in [6.45, 7) is 0. The Morgan fingerprint density at radius 2 is 2.16 bits per heavy atom. The summed E-state index contributed by atoms with van der Waals surface area (Å²) in [5.74, 6) is 1.12. The van der Waals surface area contributed by atoms with Crippen LogP contribution in [0.5, 0.6) is 5.75 Å². The van der Waals surface area contributed by atoms with Crippen molar-refractivity contribution in [3.05, 3.63) is 57.5 Å². The fourth-order valence-electron chi connectivity index (χ4n) is 3.52. The van der Waals surface area contributed by atoms with E-state index in [1.807, 2.05) is 24.3 Å². The van der Waals surface area contributed by atoms with Crippen LogP contribution < -0.4 is 20.7 Å². The fourth-order valence-corrected chi connectivity index (χ4v) is 4.09.